The van der Waals surface area contributed by atoms with Gasteiger partial charge in [0.05, 0.1) is 0 Å². The average molecular weight is 168 g/mol. The van der Waals surface area contributed by atoms with Crippen molar-refractivity contribution in [2.75, 3.05) is 0 Å². The maximum absolute atomic E-state index is 2.32. The predicted octanol–water partition coefficient (Wildman–Crippen LogP) is 4.70. The quantitative estimate of drug-likeness (QED) is 0.364. The Morgan fingerprint density at radius 1 is 0.750 bits per heavy atom. The van der Waals surface area contributed by atoms with Crippen LogP contribution >= 0.6 is 0 Å². The van der Waals surface area contributed by atoms with Crippen LogP contribution < -0.4 is 0 Å². The molecule has 0 aromatic rings. The SMILES string of the molecule is CCC=CCCCCCCCC. The second-order valence-corrected chi connectivity index (χ2v) is 3.44. The first-order valence-electron chi connectivity index (χ1n) is 5.56. The summed E-state index contributed by atoms with van der Waals surface area (Å²) in [5.41, 5.74) is 0. The second-order valence-electron chi connectivity index (χ2n) is 3.44. The van der Waals surface area contributed by atoms with Crippen molar-refractivity contribution in [2.45, 2.75) is 65.2 Å². The van der Waals surface area contributed by atoms with Crippen molar-refractivity contribution in [1.29, 1.82) is 0 Å². The van der Waals surface area contributed by atoms with Crippen molar-refractivity contribution in [3.8, 4) is 0 Å². The van der Waals surface area contributed by atoms with E-state index in [0.717, 1.165) is 0 Å². The minimum atomic E-state index is 1.19. The molecule has 0 aliphatic carbocycles. The Kier molecular flexibility index (Phi) is 10.5. The highest BCUT2D eigenvalue weighted by Gasteiger charge is 1.87. The summed E-state index contributed by atoms with van der Waals surface area (Å²) in [7, 11) is 0. The van der Waals surface area contributed by atoms with E-state index < -0.39 is 0 Å². The monoisotopic (exact) mass is 168 g/mol. The Morgan fingerprint density at radius 3 is 2.08 bits per heavy atom. The number of hydrogen-bond acceptors (Lipinski definition) is 0. The zero-order chi connectivity index (χ0) is 9.07. The molecule has 0 bridgehead atoms. The lowest BCUT2D eigenvalue weighted by atomic mass is 10.1. The highest BCUT2D eigenvalue weighted by atomic mass is 13.9. The Hall–Kier alpha value is -0.260. The van der Waals surface area contributed by atoms with E-state index in [1.54, 1.807) is 0 Å². The summed E-state index contributed by atoms with van der Waals surface area (Å²) >= 11 is 0. The molecule has 0 radical (unpaired) electrons. The van der Waals surface area contributed by atoms with Crippen molar-refractivity contribution in [1.82, 2.24) is 0 Å². The predicted molar refractivity (Wildman–Crippen MR) is 57.4 cm³/mol. The average Bonchev–Trinajstić information content (AvgIpc) is 2.10. The van der Waals surface area contributed by atoms with Crippen LogP contribution in [0.3, 0.4) is 0 Å². The van der Waals surface area contributed by atoms with E-state index in [9.17, 15) is 0 Å². The number of rotatable bonds is 8. The van der Waals surface area contributed by atoms with E-state index in [2.05, 4.69) is 26.0 Å². The Bertz CT molecular complexity index is 92.2. The summed E-state index contributed by atoms with van der Waals surface area (Å²) in [6.45, 7) is 4.46. The smallest absolute Gasteiger partial charge is 0.0351 e. The van der Waals surface area contributed by atoms with Gasteiger partial charge in [-0.25, -0.2) is 0 Å². The summed E-state index contributed by atoms with van der Waals surface area (Å²) < 4.78 is 0. The van der Waals surface area contributed by atoms with Crippen LogP contribution in [0.25, 0.3) is 0 Å². The highest BCUT2D eigenvalue weighted by molar-refractivity contribution is 4.79. The van der Waals surface area contributed by atoms with Gasteiger partial charge in [-0.1, -0.05) is 58.1 Å². The van der Waals surface area contributed by atoms with Crippen molar-refractivity contribution in [3.05, 3.63) is 12.2 Å². The van der Waals surface area contributed by atoms with E-state index in [1.165, 1.54) is 51.4 Å². The first-order chi connectivity index (χ1) is 5.91. The molecule has 0 rings (SSSR count). The van der Waals surface area contributed by atoms with E-state index in [1.807, 2.05) is 0 Å². The summed E-state index contributed by atoms with van der Waals surface area (Å²) in [5.74, 6) is 0. The van der Waals surface area contributed by atoms with Crippen molar-refractivity contribution in [3.63, 3.8) is 0 Å². The Morgan fingerprint density at radius 2 is 1.42 bits per heavy atom. The normalized spacial score (nSPS) is 11.2. The van der Waals surface area contributed by atoms with Gasteiger partial charge in [0.1, 0.15) is 0 Å². The molecule has 0 unspecified atom stereocenters. The molecule has 0 aromatic carbocycles. The molecular weight excluding hydrogens is 144 g/mol. The van der Waals surface area contributed by atoms with Gasteiger partial charge in [-0.15, -0.1) is 0 Å². The molecule has 0 heterocycles. The zero-order valence-electron chi connectivity index (χ0n) is 8.81. The Balaban J connectivity index is 2.86. The third-order valence-electron chi connectivity index (χ3n) is 2.13. The summed E-state index contributed by atoms with van der Waals surface area (Å²) in [5, 5.41) is 0. The van der Waals surface area contributed by atoms with Crippen LogP contribution in [0.5, 0.6) is 0 Å². The first-order valence-corrected chi connectivity index (χ1v) is 5.56. The van der Waals surface area contributed by atoms with Crippen molar-refractivity contribution >= 4 is 0 Å². The third-order valence-corrected chi connectivity index (χ3v) is 2.13. The van der Waals surface area contributed by atoms with Crippen LogP contribution in [0, 0.1) is 0 Å². The van der Waals surface area contributed by atoms with E-state index >= 15 is 0 Å². The molecule has 0 aliphatic heterocycles. The number of allylic oxidation sites excluding steroid dienone is 2. The van der Waals surface area contributed by atoms with Crippen LogP contribution in [-0.4, -0.2) is 0 Å². The third kappa shape index (κ3) is 9.74. The summed E-state index contributed by atoms with van der Waals surface area (Å²) in [6, 6.07) is 0. The van der Waals surface area contributed by atoms with Gasteiger partial charge in [-0.3, -0.25) is 0 Å². The molecule has 0 nitrogen and oxygen atoms in total. The minimum absolute atomic E-state index is 1.19. The lowest BCUT2D eigenvalue weighted by Crippen LogP contribution is -1.77. The molecule has 0 saturated heterocycles. The molecule has 0 fully saturated rings. The second kappa shape index (κ2) is 10.7. The van der Waals surface area contributed by atoms with Crippen LogP contribution in [0.4, 0.5) is 0 Å². The van der Waals surface area contributed by atoms with Crippen molar-refractivity contribution in [2.24, 2.45) is 0 Å². The molecule has 0 atom stereocenters. The van der Waals surface area contributed by atoms with E-state index in [-0.39, 0.29) is 0 Å². The topological polar surface area (TPSA) is 0 Å². The van der Waals surface area contributed by atoms with Gasteiger partial charge in [-0.2, -0.15) is 0 Å². The molecule has 0 aromatic heterocycles. The largest absolute Gasteiger partial charge is 0.0888 e. The molecule has 72 valence electrons. The molecule has 0 amide bonds. The lowest BCUT2D eigenvalue weighted by Gasteiger charge is -1.97. The molecular formula is C12H24. The molecule has 12 heavy (non-hydrogen) atoms. The van der Waals surface area contributed by atoms with E-state index in [0.29, 0.717) is 0 Å². The fourth-order valence-electron chi connectivity index (χ4n) is 1.33. The fourth-order valence-corrected chi connectivity index (χ4v) is 1.33. The minimum Gasteiger partial charge on any atom is -0.0888 e. The van der Waals surface area contributed by atoms with E-state index in [4.69, 9.17) is 0 Å². The standard InChI is InChI=1S/C12H24/c1-3-5-7-9-11-12-10-8-6-4-2/h5,7H,3-4,6,8-12H2,1-2H3. The maximum atomic E-state index is 2.32. The maximum Gasteiger partial charge on any atom is -0.0351 e. The van der Waals surface area contributed by atoms with Crippen molar-refractivity contribution < 1.29 is 0 Å². The van der Waals surface area contributed by atoms with Gasteiger partial charge in [0.15, 0.2) is 0 Å². The van der Waals surface area contributed by atoms with Crippen LogP contribution in [0.15, 0.2) is 12.2 Å². The van der Waals surface area contributed by atoms with Gasteiger partial charge in [-0.05, 0) is 19.3 Å². The van der Waals surface area contributed by atoms with Gasteiger partial charge in [0.2, 0.25) is 0 Å². The molecule has 0 N–H and O–H groups in total. The summed E-state index contributed by atoms with van der Waals surface area (Å²) in [4.78, 5) is 0. The number of hydrogen-bond donors (Lipinski definition) is 0. The fraction of sp³-hybridized carbons (Fsp3) is 0.833. The first kappa shape index (κ1) is 11.7. The highest BCUT2D eigenvalue weighted by Crippen LogP contribution is 2.07. The van der Waals surface area contributed by atoms with Crippen LogP contribution in [0.1, 0.15) is 65.2 Å². The summed E-state index contributed by atoms with van der Waals surface area (Å²) in [6.07, 6.45) is 15.5. The van der Waals surface area contributed by atoms with Crippen LogP contribution in [-0.2, 0) is 0 Å². The zero-order valence-corrected chi connectivity index (χ0v) is 8.81. The number of unbranched alkanes of at least 4 members (excludes halogenated alkanes) is 6. The van der Waals surface area contributed by atoms with Crippen LogP contribution in [0.2, 0.25) is 0 Å². The van der Waals surface area contributed by atoms with Gasteiger partial charge in [0, 0.05) is 0 Å². The molecule has 0 spiro atoms. The van der Waals surface area contributed by atoms with Gasteiger partial charge in [0.25, 0.3) is 0 Å². The molecule has 0 heteroatoms. The lowest BCUT2D eigenvalue weighted by molar-refractivity contribution is 0.611. The van der Waals surface area contributed by atoms with Gasteiger partial charge < -0.3 is 0 Å². The molecule has 0 saturated carbocycles. The Labute approximate surface area is 78.1 Å². The van der Waals surface area contributed by atoms with Gasteiger partial charge >= 0.3 is 0 Å². The molecule has 0 aliphatic rings.